The molecular weight excluding hydrogens is 292 g/mol. The molecule has 2 nitrogen and oxygen atoms in total. The number of likely N-dealkylation sites (tertiary alicyclic amines) is 1. The fourth-order valence-electron chi connectivity index (χ4n) is 4.13. The Hall–Kier alpha value is -2.11. The van der Waals surface area contributed by atoms with Gasteiger partial charge in [0.2, 0.25) is 0 Å². The molecule has 0 aromatic heterocycles. The van der Waals surface area contributed by atoms with E-state index in [4.69, 9.17) is 0 Å². The molecule has 0 amide bonds. The molecule has 2 heteroatoms. The lowest BCUT2D eigenvalue weighted by molar-refractivity contribution is 0.274. The Balaban J connectivity index is 2.02. The number of hydrogen-bond donors (Lipinski definition) is 0. The molecule has 1 aliphatic rings. The maximum absolute atomic E-state index is 10.3. The largest absolute Gasteiger partial charge is 0.303 e. The zero-order valence-electron chi connectivity index (χ0n) is 14.7. The van der Waals surface area contributed by atoms with Crippen molar-refractivity contribution in [3.8, 4) is 6.07 Å². The van der Waals surface area contributed by atoms with E-state index in [0.29, 0.717) is 11.8 Å². The third-order valence-electron chi connectivity index (χ3n) is 5.14. The molecule has 0 N–H and O–H groups in total. The van der Waals surface area contributed by atoms with Crippen LogP contribution in [0.1, 0.15) is 31.4 Å². The van der Waals surface area contributed by atoms with Crippen molar-refractivity contribution in [3.05, 3.63) is 71.8 Å². The summed E-state index contributed by atoms with van der Waals surface area (Å²) in [5.74, 6) is 0.986. The molecule has 0 aliphatic carbocycles. The Bertz CT molecular complexity index is 645. The molecule has 0 unspecified atom stereocenters. The van der Waals surface area contributed by atoms with E-state index in [1.165, 1.54) is 0 Å². The first-order valence-corrected chi connectivity index (χ1v) is 8.91. The third-order valence-corrected chi connectivity index (χ3v) is 5.14. The maximum atomic E-state index is 10.3. The van der Waals surface area contributed by atoms with Crippen LogP contribution in [0.2, 0.25) is 0 Å². The average molecular weight is 318 g/mol. The monoisotopic (exact) mass is 318 g/mol. The topological polar surface area (TPSA) is 27.0 Å². The van der Waals surface area contributed by atoms with E-state index >= 15 is 0 Å². The van der Waals surface area contributed by atoms with Gasteiger partial charge in [-0.05, 0) is 35.9 Å². The summed E-state index contributed by atoms with van der Waals surface area (Å²) >= 11 is 0. The number of nitriles is 1. The van der Waals surface area contributed by atoms with E-state index in [2.05, 4.69) is 49.1 Å². The number of rotatable bonds is 5. The zero-order valence-corrected chi connectivity index (χ0v) is 14.7. The van der Waals surface area contributed by atoms with Crippen LogP contribution in [0.4, 0.5) is 0 Å². The van der Waals surface area contributed by atoms with Gasteiger partial charge in [-0.3, -0.25) is 0 Å². The summed E-state index contributed by atoms with van der Waals surface area (Å²) in [6.45, 7) is 7.72. The van der Waals surface area contributed by atoms with Crippen LogP contribution in [0.3, 0.4) is 0 Å². The molecule has 0 bridgehead atoms. The Morgan fingerprint density at radius 1 is 1.04 bits per heavy atom. The second kappa shape index (κ2) is 7.20. The summed E-state index contributed by atoms with van der Waals surface area (Å²) < 4.78 is 0. The lowest BCUT2D eigenvalue weighted by Gasteiger charge is -2.34. The molecule has 124 valence electrons. The van der Waals surface area contributed by atoms with Gasteiger partial charge in [-0.2, -0.15) is 5.26 Å². The molecule has 1 aliphatic heterocycles. The van der Waals surface area contributed by atoms with Crippen LogP contribution in [0.25, 0.3) is 0 Å². The number of nitrogens with zero attached hydrogens (tertiary/aromatic N) is 2. The van der Waals surface area contributed by atoms with Crippen molar-refractivity contribution in [1.29, 1.82) is 5.26 Å². The molecule has 1 saturated heterocycles. The van der Waals surface area contributed by atoms with Gasteiger partial charge in [-0.15, -0.1) is 0 Å². The van der Waals surface area contributed by atoms with Crippen LogP contribution < -0.4 is 0 Å². The quantitative estimate of drug-likeness (QED) is 0.813. The average Bonchev–Trinajstić information content (AvgIpc) is 3.06. The van der Waals surface area contributed by atoms with Crippen molar-refractivity contribution in [1.82, 2.24) is 4.90 Å². The summed E-state index contributed by atoms with van der Waals surface area (Å²) in [7, 11) is 0. The normalized spacial score (nSPS) is 18.7. The summed E-state index contributed by atoms with van der Waals surface area (Å²) in [6.07, 6.45) is 1.07. The Morgan fingerprint density at radius 2 is 1.58 bits per heavy atom. The van der Waals surface area contributed by atoms with E-state index in [9.17, 15) is 5.26 Å². The van der Waals surface area contributed by atoms with Crippen molar-refractivity contribution in [2.24, 2.45) is 11.8 Å². The van der Waals surface area contributed by atoms with E-state index in [1.807, 2.05) is 36.4 Å². The van der Waals surface area contributed by atoms with Crippen LogP contribution in [0.15, 0.2) is 60.7 Å². The fraction of sp³-hybridized carbons (Fsp3) is 0.409. The van der Waals surface area contributed by atoms with Gasteiger partial charge < -0.3 is 4.90 Å². The summed E-state index contributed by atoms with van der Waals surface area (Å²) in [6, 6.07) is 23.4. The van der Waals surface area contributed by atoms with Crippen LogP contribution >= 0.6 is 0 Å². The van der Waals surface area contributed by atoms with E-state index in [0.717, 1.165) is 37.2 Å². The van der Waals surface area contributed by atoms with E-state index in [-0.39, 0.29) is 0 Å². The highest BCUT2D eigenvalue weighted by molar-refractivity contribution is 5.47. The van der Waals surface area contributed by atoms with Crippen LogP contribution in [-0.2, 0) is 5.41 Å². The summed E-state index contributed by atoms with van der Waals surface area (Å²) in [5.41, 5.74) is 1.68. The van der Waals surface area contributed by atoms with Crippen LogP contribution in [0.5, 0.6) is 0 Å². The van der Waals surface area contributed by atoms with Gasteiger partial charge >= 0.3 is 0 Å². The first-order chi connectivity index (χ1) is 11.7. The minimum Gasteiger partial charge on any atom is -0.303 e. The smallest absolute Gasteiger partial charge is 0.111 e. The lowest BCUT2D eigenvalue weighted by Crippen LogP contribution is -2.37. The Labute approximate surface area is 145 Å². The van der Waals surface area contributed by atoms with Crippen LogP contribution in [0, 0.1) is 23.2 Å². The molecule has 1 heterocycles. The minimum absolute atomic E-state index is 0.325. The second-order valence-electron chi connectivity index (χ2n) is 7.29. The molecule has 1 atom stereocenters. The van der Waals surface area contributed by atoms with E-state index in [1.54, 1.807) is 0 Å². The van der Waals surface area contributed by atoms with Crippen LogP contribution in [-0.4, -0.2) is 24.5 Å². The van der Waals surface area contributed by atoms with Crippen molar-refractivity contribution in [2.75, 3.05) is 19.6 Å². The lowest BCUT2D eigenvalue weighted by atomic mass is 9.66. The van der Waals surface area contributed by atoms with Gasteiger partial charge in [-0.25, -0.2) is 0 Å². The van der Waals surface area contributed by atoms with Gasteiger partial charge in [0.25, 0.3) is 0 Å². The molecule has 2 aromatic carbocycles. The number of benzene rings is 2. The third kappa shape index (κ3) is 3.09. The molecule has 0 radical (unpaired) electrons. The Morgan fingerprint density at radius 3 is 2.04 bits per heavy atom. The second-order valence-corrected chi connectivity index (χ2v) is 7.29. The highest BCUT2D eigenvalue weighted by Crippen LogP contribution is 2.43. The fourth-order valence-corrected chi connectivity index (χ4v) is 4.13. The zero-order chi connectivity index (χ0) is 17.0. The molecule has 1 fully saturated rings. The molecule has 2 aromatic rings. The predicted octanol–water partition coefficient (Wildman–Crippen LogP) is 4.47. The van der Waals surface area contributed by atoms with Crippen molar-refractivity contribution >= 4 is 0 Å². The highest BCUT2D eigenvalue weighted by Gasteiger charge is 2.45. The van der Waals surface area contributed by atoms with Gasteiger partial charge in [0.15, 0.2) is 0 Å². The van der Waals surface area contributed by atoms with Gasteiger partial charge in [-0.1, -0.05) is 74.5 Å². The highest BCUT2D eigenvalue weighted by atomic mass is 15.1. The summed E-state index contributed by atoms with van der Waals surface area (Å²) in [5, 5.41) is 10.3. The first-order valence-electron chi connectivity index (χ1n) is 8.91. The number of hydrogen-bond acceptors (Lipinski definition) is 2. The summed E-state index contributed by atoms with van der Waals surface area (Å²) in [4.78, 5) is 2.52. The van der Waals surface area contributed by atoms with Gasteiger partial charge in [0.05, 0.1) is 6.07 Å². The maximum Gasteiger partial charge on any atom is 0.111 e. The molecule has 3 rings (SSSR count). The molecule has 0 spiro atoms. The van der Waals surface area contributed by atoms with Gasteiger partial charge in [0.1, 0.15) is 5.41 Å². The van der Waals surface area contributed by atoms with Crippen molar-refractivity contribution in [3.63, 3.8) is 0 Å². The van der Waals surface area contributed by atoms with E-state index < -0.39 is 5.41 Å². The van der Waals surface area contributed by atoms with Crippen molar-refractivity contribution < 1.29 is 0 Å². The molecule has 24 heavy (non-hydrogen) atoms. The molecular formula is C22H26N2. The Kier molecular flexibility index (Phi) is 5.02. The van der Waals surface area contributed by atoms with Gasteiger partial charge in [0, 0.05) is 13.1 Å². The minimum atomic E-state index is -0.561. The predicted molar refractivity (Wildman–Crippen MR) is 98.7 cm³/mol. The first kappa shape index (κ1) is 16.7. The van der Waals surface area contributed by atoms with Crippen molar-refractivity contribution in [2.45, 2.75) is 25.7 Å². The molecule has 0 saturated carbocycles. The standard InChI is InChI=1S/C22H26N2/c1-18(2)15-24-14-13-21(16-24)22(17-23,19-9-5-3-6-10-19)20-11-7-4-8-12-20/h3-12,18,21H,13-16H2,1-2H3/t21-/m0/s1. The SMILES string of the molecule is CC(C)CN1CC[C@H](C(C#N)(c2ccccc2)c2ccccc2)C1.